The van der Waals surface area contributed by atoms with Crippen LogP contribution < -0.4 is 19.5 Å². The molecule has 0 fully saturated rings. The molecule has 1 aromatic carbocycles. The molecule has 0 bridgehead atoms. The lowest BCUT2D eigenvalue weighted by Gasteiger charge is -2.14. The summed E-state index contributed by atoms with van der Waals surface area (Å²) in [5.41, 5.74) is 1.02. The van der Waals surface area contributed by atoms with E-state index in [0.717, 1.165) is 17.1 Å². The van der Waals surface area contributed by atoms with Gasteiger partial charge in [0.1, 0.15) is 5.75 Å². The van der Waals surface area contributed by atoms with Gasteiger partial charge < -0.3 is 24.6 Å². The van der Waals surface area contributed by atoms with Crippen molar-refractivity contribution in [1.29, 1.82) is 0 Å². The van der Waals surface area contributed by atoms with E-state index in [4.69, 9.17) is 19.3 Å². The highest BCUT2D eigenvalue weighted by molar-refractivity contribution is 5.51. The summed E-state index contributed by atoms with van der Waals surface area (Å²) in [7, 11) is 1.88. The van der Waals surface area contributed by atoms with Crippen molar-refractivity contribution in [3.05, 3.63) is 17.7 Å². The van der Waals surface area contributed by atoms with Gasteiger partial charge in [0, 0.05) is 30.7 Å². The van der Waals surface area contributed by atoms with Crippen LogP contribution in [0, 0.1) is 5.92 Å². The van der Waals surface area contributed by atoms with Gasteiger partial charge in [0.25, 0.3) is 0 Å². The molecule has 18 heavy (non-hydrogen) atoms. The van der Waals surface area contributed by atoms with Crippen LogP contribution in [0.25, 0.3) is 0 Å². The Labute approximate surface area is 107 Å². The third-order valence-corrected chi connectivity index (χ3v) is 2.76. The number of fused-ring (bicyclic) bond motifs is 1. The maximum atomic E-state index is 9.00. The minimum absolute atomic E-state index is 0.109. The van der Waals surface area contributed by atoms with E-state index < -0.39 is 0 Å². The zero-order chi connectivity index (χ0) is 13.0. The summed E-state index contributed by atoms with van der Waals surface area (Å²) in [6, 6.07) is 3.77. The molecule has 1 unspecified atom stereocenters. The van der Waals surface area contributed by atoms with Crippen molar-refractivity contribution in [1.82, 2.24) is 5.32 Å². The molecule has 0 saturated carbocycles. The van der Waals surface area contributed by atoms with E-state index in [2.05, 4.69) is 5.32 Å². The third-order valence-electron chi connectivity index (χ3n) is 2.76. The Morgan fingerprint density at radius 3 is 2.78 bits per heavy atom. The molecule has 100 valence electrons. The van der Waals surface area contributed by atoms with Gasteiger partial charge in [0.05, 0.1) is 6.61 Å². The molecule has 2 rings (SSSR count). The normalized spacial score (nSPS) is 14.6. The summed E-state index contributed by atoms with van der Waals surface area (Å²) in [4.78, 5) is 0. The van der Waals surface area contributed by atoms with Crippen LogP contribution in [0.15, 0.2) is 12.1 Å². The van der Waals surface area contributed by atoms with Crippen LogP contribution in [0.1, 0.15) is 12.5 Å². The maximum Gasteiger partial charge on any atom is 0.231 e. The highest BCUT2D eigenvalue weighted by Gasteiger charge is 2.18. The second-order valence-electron chi connectivity index (χ2n) is 4.44. The summed E-state index contributed by atoms with van der Waals surface area (Å²) in [6.07, 6.45) is 0. The highest BCUT2D eigenvalue weighted by Crippen LogP contribution is 2.38. The molecule has 1 aliphatic heterocycles. The minimum Gasteiger partial charge on any atom is -0.493 e. The van der Waals surface area contributed by atoms with E-state index in [1.165, 1.54) is 0 Å². The first kappa shape index (κ1) is 13.0. The average molecular weight is 253 g/mol. The lowest BCUT2D eigenvalue weighted by atomic mass is 10.1. The fourth-order valence-corrected chi connectivity index (χ4v) is 1.71. The van der Waals surface area contributed by atoms with Gasteiger partial charge in [0.2, 0.25) is 6.79 Å². The van der Waals surface area contributed by atoms with Crippen LogP contribution in [0.2, 0.25) is 0 Å². The van der Waals surface area contributed by atoms with Crippen molar-refractivity contribution in [2.24, 2.45) is 5.92 Å². The van der Waals surface area contributed by atoms with E-state index >= 15 is 0 Å². The summed E-state index contributed by atoms with van der Waals surface area (Å²) >= 11 is 0. The molecule has 1 atom stereocenters. The molecule has 0 amide bonds. The molecule has 1 heterocycles. The van der Waals surface area contributed by atoms with Gasteiger partial charge in [-0.3, -0.25) is 0 Å². The van der Waals surface area contributed by atoms with Crippen molar-refractivity contribution >= 4 is 0 Å². The van der Waals surface area contributed by atoms with Gasteiger partial charge in [-0.2, -0.15) is 0 Å². The number of hydrogen-bond donors (Lipinski definition) is 2. The first-order valence-corrected chi connectivity index (χ1v) is 6.05. The zero-order valence-electron chi connectivity index (χ0n) is 10.7. The number of hydrogen-bond acceptors (Lipinski definition) is 5. The molecule has 0 saturated heterocycles. The number of nitrogens with one attached hydrogen (secondary N) is 1. The monoisotopic (exact) mass is 253 g/mol. The van der Waals surface area contributed by atoms with Gasteiger partial charge in [-0.15, -0.1) is 0 Å². The van der Waals surface area contributed by atoms with Crippen molar-refractivity contribution < 1.29 is 19.3 Å². The van der Waals surface area contributed by atoms with Gasteiger partial charge in [-0.05, 0) is 13.1 Å². The summed E-state index contributed by atoms with van der Waals surface area (Å²) < 4.78 is 16.4. The molecule has 0 aliphatic carbocycles. The predicted octanol–water partition coefficient (Wildman–Crippen LogP) is 1.14. The number of aliphatic hydroxyl groups excluding tert-OH is 1. The molecule has 5 heteroatoms. The smallest absolute Gasteiger partial charge is 0.231 e. The Kier molecular flexibility index (Phi) is 4.28. The van der Waals surface area contributed by atoms with Crippen LogP contribution in [-0.4, -0.2) is 32.2 Å². The quantitative estimate of drug-likeness (QED) is 0.796. The fraction of sp³-hybridized carbons (Fsp3) is 0.538. The third kappa shape index (κ3) is 2.86. The largest absolute Gasteiger partial charge is 0.493 e. The predicted molar refractivity (Wildman–Crippen MR) is 67.1 cm³/mol. The van der Waals surface area contributed by atoms with Crippen molar-refractivity contribution in [3.8, 4) is 17.2 Å². The molecule has 1 aliphatic rings. The van der Waals surface area contributed by atoms with Gasteiger partial charge in [0.15, 0.2) is 11.5 Å². The number of ether oxygens (including phenoxy) is 3. The first-order valence-electron chi connectivity index (χ1n) is 6.05. The SMILES string of the molecule is CNCc1cc2c(cc1OCC(C)CO)OCO2. The van der Waals surface area contributed by atoms with E-state index in [9.17, 15) is 0 Å². The maximum absolute atomic E-state index is 9.00. The van der Waals surface area contributed by atoms with Gasteiger partial charge in [-0.1, -0.05) is 6.92 Å². The summed E-state index contributed by atoms with van der Waals surface area (Å²) in [5, 5.41) is 12.1. The molecule has 1 aromatic rings. The molecule has 2 N–H and O–H groups in total. The van der Waals surface area contributed by atoms with E-state index in [-0.39, 0.29) is 19.3 Å². The summed E-state index contributed by atoms with van der Waals surface area (Å²) in [6.45, 7) is 3.48. The molecule has 0 spiro atoms. The molecule has 0 aromatic heterocycles. The average Bonchev–Trinajstić information content (AvgIpc) is 2.83. The Morgan fingerprint density at radius 2 is 2.11 bits per heavy atom. The van der Waals surface area contributed by atoms with Crippen LogP contribution in [-0.2, 0) is 6.54 Å². The van der Waals surface area contributed by atoms with Crippen LogP contribution in [0.3, 0.4) is 0 Å². The second kappa shape index (κ2) is 5.93. The van der Waals surface area contributed by atoms with Gasteiger partial charge >= 0.3 is 0 Å². The van der Waals surface area contributed by atoms with E-state index in [1.54, 1.807) is 0 Å². The Morgan fingerprint density at radius 1 is 1.39 bits per heavy atom. The lowest BCUT2D eigenvalue weighted by molar-refractivity contribution is 0.171. The standard InChI is InChI=1S/C13H19NO4/c1-9(6-15)7-16-11-4-13-12(17-8-18-13)3-10(11)5-14-2/h3-4,9,14-15H,5-8H2,1-2H3. The van der Waals surface area contributed by atoms with Gasteiger partial charge in [-0.25, -0.2) is 0 Å². The van der Waals surface area contributed by atoms with Crippen molar-refractivity contribution in [3.63, 3.8) is 0 Å². The Hall–Kier alpha value is -1.46. The topological polar surface area (TPSA) is 60.0 Å². The van der Waals surface area contributed by atoms with E-state index in [1.807, 2.05) is 26.1 Å². The van der Waals surface area contributed by atoms with Crippen LogP contribution in [0.4, 0.5) is 0 Å². The second-order valence-corrected chi connectivity index (χ2v) is 4.44. The Bertz CT molecular complexity index is 408. The number of benzene rings is 1. The lowest BCUT2D eigenvalue weighted by Crippen LogP contribution is -2.14. The molecule has 0 radical (unpaired) electrons. The van der Waals surface area contributed by atoms with E-state index in [0.29, 0.717) is 18.9 Å². The fourth-order valence-electron chi connectivity index (χ4n) is 1.71. The van der Waals surface area contributed by atoms with Crippen LogP contribution >= 0.6 is 0 Å². The summed E-state index contributed by atoms with van der Waals surface area (Å²) in [5.74, 6) is 2.34. The number of rotatable bonds is 6. The minimum atomic E-state index is 0.109. The van der Waals surface area contributed by atoms with Crippen molar-refractivity contribution in [2.45, 2.75) is 13.5 Å². The molecular formula is C13H19NO4. The van der Waals surface area contributed by atoms with Crippen LogP contribution in [0.5, 0.6) is 17.2 Å². The highest BCUT2D eigenvalue weighted by atomic mass is 16.7. The first-order chi connectivity index (χ1) is 8.74. The molecule has 5 nitrogen and oxygen atoms in total. The molecular weight excluding hydrogens is 234 g/mol. The van der Waals surface area contributed by atoms with Crippen molar-refractivity contribution in [2.75, 3.05) is 27.1 Å². The zero-order valence-corrected chi connectivity index (χ0v) is 10.7. The number of aliphatic hydroxyl groups is 1. The Balaban J connectivity index is 2.15.